The van der Waals surface area contributed by atoms with Crippen LogP contribution >= 0.6 is 0 Å². The molecule has 0 radical (unpaired) electrons. The number of rotatable bonds is 10. The van der Waals surface area contributed by atoms with Gasteiger partial charge in [-0.15, -0.1) is 0 Å². The molecule has 1 aromatic carbocycles. The van der Waals surface area contributed by atoms with Crippen molar-refractivity contribution in [2.24, 2.45) is 11.7 Å². The van der Waals surface area contributed by atoms with Crippen molar-refractivity contribution in [3.8, 4) is 0 Å². The Kier molecular flexibility index (Phi) is 8.60. The largest absolute Gasteiger partial charge is 0.355 e. The lowest BCUT2D eigenvalue weighted by atomic mass is 9.90. The topological polar surface area (TPSA) is 58.4 Å². The molecule has 1 aliphatic heterocycles. The molecule has 0 aliphatic carbocycles. The molecule has 146 valence electrons. The van der Waals surface area contributed by atoms with Crippen LogP contribution in [0.5, 0.6) is 0 Å². The molecule has 4 heteroatoms. The molecule has 1 aromatic rings. The first-order valence-electron chi connectivity index (χ1n) is 10.3. The van der Waals surface area contributed by atoms with Crippen LogP contribution in [0.2, 0.25) is 0 Å². The van der Waals surface area contributed by atoms with Gasteiger partial charge in [0.05, 0.1) is 5.54 Å². The van der Waals surface area contributed by atoms with E-state index in [1.54, 1.807) is 0 Å². The van der Waals surface area contributed by atoms with Gasteiger partial charge < -0.3 is 16.0 Å². The summed E-state index contributed by atoms with van der Waals surface area (Å²) in [6, 6.07) is 10.9. The monoisotopic (exact) mass is 359 g/mol. The van der Waals surface area contributed by atoms with E-state index in [1.807, 2.05) is 6.92 Å². The summed E-state index contributed by atoms with van der Waals surface area (Å²) >= 11 is 0. The van der Waals surface area contributed by atoms with Gasteiger partial charge in [0.15, 0.2) is 0 Å². The Morgan fingerprint density at radius 1 is 1.23 bits per heavy atom. The Labute approximate surface area is 159 Å². The molecule has 1 saturated heterocycles. The zero-order chi connectivity index (χ0) is 18.8. The van der Waals surface area contributed by atoms with Gasteiger partial charge >= 0.3 is 0 Å². The van der Waals surface area contributed by atoms with Gasteiger partial charge in [-0.2, -0.15) is 0 Å². The average molecular weight is 360 g/mol. The molecule has 1 heterocycles. The smallest absolute Gasteiger partial charge is 0.239 e. The average Bonchev–Trinajstić information content (AvgIpc) is 2.63. The van der Waals surface area contributed by atoms with Crippen LogP contribution in [0.1, 0.15) is 57.9 Å². The van der Waals surface area contributed by atoms with Gasteiger partial charge in [-0.05, 0) is 76.6 Å². The number of carbonyl (C=O) groups excluding carboxylic acids is 1. The van der Waals surface area contributed by atoms with E-state index >= 15 is 0 Å². The van der Waals surface area contributed by atoms with E-state index in [-0.39, 0.29) is 5.91 Å². The van der Waals surface area contributed by atoms with Crippen LogP contribution in [-0.4, -0.2) is 42.5 Å². The first-order chi connectivity index (χ1) is 12.5. The normalized spacial score (nSPS) is 18.4. The fourth-order valence-electron chi connectivity index (χ4n) is 3.86. The van der Waals surface area contributed by atoms with E-state index in [2.05, 4.69) is 47.5 Å². The highest BCUT2D eigenvalue weighted by Crippen LogP contribution is 2.21. The van der Waals surface area contributed by atoms with Crippen molar-refractivity contribution in [2.45, 2.75) is 64.3 Å². The number of unbranched alkanes of at least 4 members (excludes halogenated alkanes) is 1. The molecular formula is C22H37N3O. The molecule has 1 amide bonds. The summed E-state index contributed by atoms with van der Waals surface area (Å²) in [6.07, 6.45) is 7.65. The van der Waals surface area contributed by atoms with E-state index < -0.39 is 5.54 Å². The van der Waals surface area contributed by atoms with Crippen molar-refractivity contribution in [2.75, 3.05) is 26.2 Å². The van der Waals surface area contributed by atoms with E-state index in [9.17, 15) is 4.79 Å². The van der Waals surface area contributed by atoms with Crippen LogP contribution < -0.4 is 11.1 Å². The van der Waals surface area contributed by atoms with E-state index in [1.165, 1.54) is 37.9 Å². The van der Waals surface area contributed by atoms with E-state index in [0.717, 1.165) is 44.7 Å². The van der Waals surface area contributed by atoms with Crippen molar-refractivity contribution < 1.29 is 4.79 Å². The lowest BCUT2D eigenvalue weighted by Gasteiger charge is -2.32. The minimum absolute atomic E-state index is 0.0129. The summed E-state index contributed by atoms with van der Waals surface area (Å²) in [4.78, 5) is 14.6. The van der Waals surface area contributed by atoms with E-state index in [0.29, 0.717) is 0 Å². The third kappa shape index (κ3) is 7.08. The third-order valence-corrected chi connectivity index (χ3v) is 5.55. The minimum atomic E-state index is -0.727. The zero-order valence-electron chi connectivity index (χ0n) is 16.7. The van der Waals surface area contributed by atoms with Crippen molar-refractivity contribution in [3.63, 3.8) is 0 Å². The Morgan fingerprint density at radius 2 is 1.92 bits per heavy atom. The van der Waals surface area contributed by atoms with Gasteiger partial charge in [0.2, 0.25) is 5.91 Å². The second-order valence-corrected chi connectivity index (χ2v) is 8.11. The molecule has 1 fully saturated rings. The number of piperidine rings is 1. The highest BCUT2D eigenvalue weighted by atomic mass is 16.2. The van der Waals surface area contributed by atoms with Crippen molar-refractivity contribution >= 4 is 5.91 Å². The fraction of sp³-hybridized carbons (Fsp3) is 0.682. The fourth-order valence-corrected chi connectivity index (χ4v) is 3.86. The zero-order valence-corrected chi connectivity index (χ0v) is 16.7. The number of hydrogen-bond donors (Lipinski definition) is 2. The minimum Gasteiger partial charge on any atom is -0.355 e. The second kappa shape index (κ2) is 10.7. The molecule has 1 atom stereocenters. The third-order valence-electron chi connectivity index (χ3n) is 5.55. The van der Waals surface area contributed by atoms with Gasteiger partial charge in [0.1, 0.15) is 0 Å². The van der Waals surface area contributed by atoms with Crippen LogP contribution in [0, 0.1) is 5.92 Å². The second-order valence-electron chi connectivity index (χ2n) is 8.11. The lowest BCUT2D eigenvalue weighted by molar-refractivity contribution is -0.126. The van der Waals surface area contributed by atoms with Gasteiger partial charge in [-0.1, -0.05) is 43.7 Å². The molecule has 0 spiro atoms. The molecule has 3 N–H and O–H groups in total. The number of nitrogens with zero attached hydrogens (tertiary/aromatic N) is 1. The molecular weight excluding hydrogens is 322 g/mol. The Hall–Kier alpha value is -1.39. The first kappa shape index (κ1) is 20.9. The molecule has 1 aliphatic rings. The number of amides is 1. The van der Waals surface area contributed by atoms with Gasteiger partial charge in [-0.25, -0.2) is 0 Å². The molecule has 4 nitrogen and oxygen atoms in total. The number of nitrogens with one attached hydrogen (secondary N) is 1. The summed E-state index contributed by atoms with van der Waals surface area (Å²) in [7, 11) is 0. The standard InChI is InChI=1S/C22H37N3O/c1-3-13-22(2,23)21(26)24-14-7-8-15-25-16-11-20(12-17-25)18-19-9-5-4-6-10-19/h4-6,9-10,20H,3,7-8,11-18,23H2,1-2H3,(H,24,26). The maximum atomic E-state index is 12.1. The molecule has 0 saturated carbocycles. The van der Waals surface area contributed by atoms with Crippen LogP contribution in [-0.2, 0) is 11.2 Å². The van der Waals surface area contributed by atoms with Crippen molar-refractivity contribution in [3.05, 3.63) is 35.9 Å². The Bertz CT molecular complexity index is 521. The highest BCUT2D eigenvalue weighted by molar-refractivity contribution is 5.85. The van der Waals surface area contributed by atoms with Crippen LogP contribution in [0.4, 0.5) is 0 Å². The van der Waals surface area contributed by atoms with Crippen LogP contribution in [0.15, 0.2) is 30.3 Å². The maximum absolute atomic E-state index is 12.1. The number of hydrogen-bond acceptors (Lipinski definition) is 3. The van der Waals surface area contributed by atoms with Crippen molar-refractivity contribution in [1.82, 2.24) is 10.2 Å². The molecule has 26 heavy (non-hydrogen) atoms. The summed E-state index contributed by atoms with van der Waals surface area (Å²) in [6.45, 7) is 8.18. The van der Waals surface area contributed by atoms with Crippen molar-refractivity contribution in [1.29, 1.82) is 0 Å². The predicted molar refractivity (Wildman–Crippen MR) is 109 cm³/mol. The van der Waals surface area contributed by atoms with Gasteiger partial charge in [0.25, 0.3) is 0 Å². The van der Waals surface area contributed by atoms with Gasteiger partial charge in [-0.3, -0.25) is 4.79 Å². The maximum Gasteiger partial charge on any atom is 0.239 e. The number of carbonyl (C=O) groups is 1. The van der Waals surface area contributed by atoms with Crippen LogP contribution in [0.3, 0.4) is 0 Å². The quantitative estimate of drug-likeness (QED) is 0.630. The molecule has 2 rings (SSSR count). The Morgan fingerprint density at radius 3 is 2.58 bits per heavy atom. The van der Waals surface area contributed by atoms with E-state index in [4.69, 9.17) is 5.73 Å². The predicted octanol–water partition coefficient (Wildman–Crippen LogP) is 3.36. The highest BCUT2D eigenvalue weighted by Gasteiger charge is 2.26. The molecule has 1 unspecified atom stereocenters. The summed E-state index contributed by atoms with van der Waals surface area (Å²) < 4.78 is 0. The lowest BCUT2D eigenvalue weighted by Crippen LogP contribution is -2.51. The van der Waals surface area contributed by atoms with Gasteiger partial charge in [0, 0.05) is 6.54 Å². The summed E-state index contributed by atoms with van der Waals surface area (Å²) in [5.41, 5.74) is 6.79. The number of benzene rings is 1. The Balaban J connectivity index is 1.54. The SMILES string of the molecule is CCCC(C)(N)C(=O)NCCCCN1CCC(Cc2ccccc2)CC1. The molecule has 0 bridgehead atoms. The summed E-state index contributed by atoms with van der Waals surface area (Å²) in [5.74, 6) is 0.815. The number of nitrogens with two attached hydrogens (primary N) is 1. The number of likely N-dealkylation sites (tertiary alicyclic amines) is 1. The summed E-state index contributed by atoms with van der Waals surface area (Å²) in [5, 5.41) is 3.00. The molecule has 0 aromatic heterocycles. The van der Waals surface area contributed by atoms with Crippen LogP contribution in [0.25, 0.3) is 0 Å². The first-order valence-corrected chi connectivity index (χ1v) is 10.3.